The molecular weight excluding hydrogens is 915 g/mol. The molecule has 0 saturated carbocycles. The Morgan fingerprint density at radius 3 is 1.65 bits per heavy atom. The van der Waals surface area contributed by atoms with E-state index in [9.17, 15) is 0 Å². The summed E-state index contributed by atoms with van der Waals surface area (Å²) < 4.78 is 12.0. The number of aromatic nitrogens is 5. The molecule has 0 N–H and O–H groups in total. The van der Waals surface area contributed by atoms with Gasteiger partial charge in [-0.3, -0.25) is 0 Å². The van der Waals surface area contributed by atoms with Crippen molar-refractivity contribution in [3.8, 4) is 56.7 Å². The van der Waals surface area contributed by atoms with Gasteiger partial charge in [-0.15, -0.1) is 0 Å². The summed E-state index contributed by atoms with van der Waals surface area (Å²) in [7, 11) is 0. The first-order valence-corrected chi connectivity index (χ1v) is 25.4. The maximum absolute atomic E-state index is 7.30. The van der Waals surface area contributed by atoms with Gasteiger partial charge in [0.1, 0.15) is 5.58 Å². The molecule has 6 heteroatoms. The Hall–Kier alpha value is -10.2. The fraction of sp³-hybridized carbons (Fsp3) is 0. The van der Waals surface area contributed by atoms with Gasteiger partial charge in [0.05, 0.1) is 27.8 Å². The van der Waals surface area contributed by atoms with Crippen molar-refractivity contribution in [1.29, 1.82) is 0 Å². The van der Waals surface area contributed by atoms with Gasteiger partial charge in [0.15, 0.2) is 23.1 Å². The summed E-state index contributed by atoms with van der Waals surface area (Å²) in [5.41, 5.74) is 12.8. The van der Waals surface area contributed by atoms with Crippen LogP contribution in [0.4, 0.5) is 0 Å². The van der Waals surface area contributed by atoms with Crippen molar-refractivity contribution in [1.82, 2.24) is 24.1 Å². The minimum Gasteiger partial charge on any atom is -0.454 e. The number of rotatable bonds is 6. The molecule has 0 amide bonds. The third-order valence-corrected chi connectivity index (χ3v) is 15.3. The van der Waals surface area contributed by atoms with Crippen LogP contribution in [0.1, 0.15) is 0 Å². The lowest BCUT2D eigenvalue weighted by Gasteiger charge is -2.14. The van der Waals surface area contributed by atoms with E-state index in [-0.39, 0.29) is 0 Å². The molecule has 12 aromatic carbocycles. The van der Waals surface area contributed by atoms with Crippen LogP contribution < -0.4 is 0 Å². The minimum absolute atomic E-state index is 0.551. The van der Waals surface area contributed by atoms with E-state index in [2.05, 4.69) is 252 Å². The van der Waals surface area contributed by atoms with Crippen LogP contribution in [0.15, 0.2) is 253 Å². The minimum atomic E-state index is 0.551. The number of furan rings is 1. The summed E-state index contributed by atoms with van der Waals surface area (Å²) in [5, 5.41) is 13.5. The predicted molar refractivity (Wildman–Crippen MR) is 310 cm³/mol. The van der Waals surface area contributed by atoms with E-state index in [1.54, 1.807) is 0 Å². The Morgan fingerprint density at radius 1 is 0.293 bits per heavy atom. The third kappa shape index (κ3) is 6.36. The van der Waals surface area contributed by atoms with Gasteiger partial charge in [-0.2, -0.15) is 0 Å². The van der Waals surface area contributed by atoms with E-state index in [1.165, 1.54) is 32.3 Å². The highest BCUT2D eigenvalue weighted by atomic mass is 16.3. The largest absolute Gasteiger partial charge is 0.454 e. The van der Waals surface area contributed by atoms with Crippen molar-refractivity contribution in [3.05, 3.63) is 249 Å². The van der Waals surface area contributed by atoms with Gasteiger partial charge < -0.3 is 13.6 Å². The summed E-state index contributed by atoms with van der Waals surface area (Å²) in [6.45, 7) is 0. The molecule has 75 heavy (non-hydrogen) atoms. The van der Waals surface area contributed by atoms with E-state index in [4.69, 9.17) is 19.4 Å². The van der Waals surface area contributed by atoms with E-state index in [0.717, 1.165) is 105 Å². The molecule has 0 unspecified atom stereocenters. The predicted octanol–water partition coefficient (Wildman–Crippen LogP) is 18.1. The highest BCUT2D eigenvalue weighted by molar-refractivity contribution is 6.25. The number of fused-ring (bicyclic) bond motifs is 13. The number of nitrogens with zero attached hydrogens (tertiary/aromatic N) is 5. The fourth-order valence-electron chi connectivity index (χ4n) is 11.9. The van der Waals surface area contributed by atoms with Crippen molar-refractivity contribution >= 4 is 97.9 Å². The molecule has 0 aliphatic rings. The van der Waals surface area contributed by atoms with E-state index >= 15 is 0 Å². The van der Waals surface area contributed by atoms with Gasteiger partial charge in [0.2, 0.25) is 0 Å². The van der Waals surface area contributed by atoms with Crippen LogP contribution >= 0.6 is 0 Å². The van der Waals surface area contributed by atoms with E-state index in [0.29, 0.717) is 17.5 Å². The molecule has 4 heterocycles. The van der Waals surface area contributed by atoms with Crippen LogP contribution in [0.2, 0.25) is 0 Å². The molecular formula is C69H41N5O. The molecule has 0 aliphatic heterocycles. The quantitative estimate of drug-likeness (QED) is 0.167. The lowest BCUT2D eigenvalue weighted by atomic mass is 10.0. The maximum Gasteiger partial charge on any atom is 0.164 e. The summed E-state index contributed by atoms with van der Waals surface area (Å²) in [6, 6.07) is 88.5. The second-order valence-electron chi connectivity index (χ2n) is 19.5. The monoisotopic (exact) mass is 955 g/mol. The highest BCUT2D eigenvalue weighted by Gasteiger charge is 2.26. The third-order valence-electron chi connectivity index (χ3n) is 15.3. The molecule has 348 valence electrons. The number of hydrogen-bond donors (Lipinski definition) is 0. The van der Waals surface area contributed by atoms with Crippen LogP contribution in [0, 0.1) is 0 Å². The van der Waals surface area contributed by atoms with Crippen molar-refractivity contribution in [3.63, 3.8) is 0 Å². The molecule has 0 saturated heterocycles. The average Bonchev–Trinajstić information content (AvgIpc) is 4.14. The van der Waals surface area contributed by atoms with Crippen molar-refractivity contribution in [2.24, 2.45) is 0 Å². The number of hydrogen-bond acceptors (Lipinski definition) is 4. The van der Waals surface area contributed by atoms with Gasteiger partial charge in [-0.25, -0.2) is 15.0 Å². The first kappa shape index (κ1) is 41.4. The molecule has 16 rings (SSSR count). The van der Waals surface area contributed by atoms with Crippen LogP contribution in [0.5, 0.6) is 0 Å². The van der Waals surface area contributed by atoms with Crippen molar-refractivity contribution in [2.75, 3.05) is 0 Å². The van der Waals surface area contributed by atoms with Crippen LogP contribution in [0.3, 0.4) is 0 Å². The van der Waals surface area contributed by atoms with Crippen LogP contribution in [0.25, 0.3) is 155 Å². The van der Waals surface area contributed by atoms with Crippen LogP contribution in [-0.2, 0) is 0 Å². The molecule has 0 aliphatic carbocycles. The second kappa shape index (κ2) is 16.2. The fourth-order valence-corrected chi connectivity index (χ4v) is 11.9. The van der Waals surface area contributed by atoms with Gasteiger partial charge >= 0.3 is 0 Å². The Morgan fingerprint density at radius 2 is 0.867 bits per heavy atom. The lowest BCUT2D eigenvalue weighted by molar-refractivity contribution is 0.667. The lowest BCUT2D eigenvalue weighted by Crippen LogP contribution is -2.02. The molecule has 6 nitrogen and oxygen atoms in total. The Labute approximate surface area is 429 Å². The normalized spacial score (nSPS) is 12.0. The number of para-hydroxylation sites is 2. The number of benzene rings is 12. The zero-order valence-electron chi connectivity index (χ0n) is 40.3. The Bertz CT molecular complexity index is 5010. The summed E-state index contributed by atoms with van der Waals surface area (Å²) >= 11 is 0. The Kier molecular flexibility index (Phi) is 8.94. The first-order chi connectivity index (χ1) is 37.2. The van der Waals surface area contributed by atoms with E-state index < -0.39 is 0 Å². The maximum atomic E-state index is 7.30. The smallest absolute Gasteiger partial charge is 0.164 e. The van der Waals surface area contributed by atoms with Gasteiger partial charge in [0, 0.05) is 54.7 Å². The molecule has 0 spiro atoms. The molecule has 0 fully saturated rings. The van der Waals surface area contributed by atoms with E-state index in [1.807, 2.05) is 6.07 Å². The summed E-state index contributed by atoms with van der Waals surface area (Å²) in [4.78, 5) is 16.6. The topological polar surface area (TPSA) is 61.7 Å². The summed E-state index contributed by atoms with van der Waals surface area (Å²) in [6.07, 6.45) is 0. The van der Waals surface area contributed by atoms with Gasteiger partial charge in [-0.05, 0) is 116 Å². The molecule has 0 atom stereocenters. The molecule has 16 aromatic rings. The van der Waals surface area contributed by atoms with Crippen molar-refractivity contribution in [2.45, 2.75) is 0 Å². The highest BCUT2D eigenvalue weighted by Crippen LogP contribution is 2.46. The average molecular weight is 956 g/mol. The second-order valence-corrected chi connectivity index (χ2v) is 19.5. The summed E-state index contributed by atoms with van der Waals surface area (Å²) in [5.74, 6) is 1.71. The Balaban J connectivity index is 1.01. The molecule has 4 aromatic heterocycles. The van der Waals surface area contributed by atoms with Gasteiger partial charge in [-0.1, -0.05) is 176 Å². The zero-order chi connectivity index (χ0) is 49.1. The first-order valence-electron chi connectivity index (χ1n) is 25.4. The van der Waals surface area contributed by atoms with Crippen LogP contribution in [-0.4, -0.2) is 24.1 Å². The molecule has 0 radical (unpaired) electrons. The molecule has 0 bridgehead atoms. The standard InChI is InChI=1S/C69H41N5O/c1-3-17-42(18-4-1)44-24-15-25-49(37-44)67-70-68(53-30-16-32-58-64(53)52-29-13-14-31-57(52)73(58)50-26-5-2-6-27-50)72-69(71-67)54-34-36-60(66-65(54)56-39-46-21-8-10-23-48(46)41-62(56)75-66)74-59-35-33-43-19-11-12-28-51(43)63(59)55-38-45-20-7-9-22-47(45)40-61(55)74/h1-41H. The SMILES string of the molecule is c1ccc(-c2cccc(-c3nc(-c4ccc(-n5c6cc7ccccc7cc6c6c7ccccc7ccc65)c5oc6cc7ccccc7cc6c45)nc(-c4cccc5c4c4ccccc4n5-c4ccccc4)n3)c2)cc1. The zero-order valence-corrected chi connectivity index (χ0v) is 40.3. The van der Waals surface area contributed by atoms with Gasteiger partial charge in [0.25, 0.3) is 0 Å². The van der Waals surface area contributed by atoms with Crippen molar-refractivity contribution < 1.29 is 4.42 Å².